The number of halogens is 1. The summed E-state index contributed by atoms with van der Waals surface area (Å²) in [5.41, 5.74) is 2.59. The molecule has 0 saturated heterocycles. The standard InChI is InChI=1S/C15H26N4.HI/c1-12(2)18-15(16-3)17-10-13-6-8-14(9-7-13)11-19(4)5;/h6-9,12H,10-11H2,1-5H3,(H2,16,17,18);1H. The fourth-order valence-corrected chi connectivity index (χ4v) is 1.78. The van der Waals surface area contributed by atoms with E-state index in [9.17, 15) is 0 Å². The van der Waals surface area contributed by atoms with Crippen molar-refractivity contribution in [3.63, 3.8) is 0 Å². The number of aliphatic imine (C=N–C) groups is 1. The molecule has 0 heterocycles. The molecule has 4 nitrogen and oxygen atoms in total. The molecule has 0 aliphatic carbocycles. The van der Waals surface area contributed by atoms with Gasteiger partial charge >= 0.3 is 0 Å². The second-order valence-electron chi connectivity index (χ2n) is 5.28. The Morgan fingerprint density at radius 1 is 1.15 bits per heavy atom. The molecule has 0 radical (unpaired) electrons. The van der Waals surface area contributed by atoms with Crippen LogP contribution in [-0.4, -0.2) is 38.0 Å². The van der Waals surface area contributed by atoms with E-state index in [0.717, 1.165) is 19.0 Å². The molecule has 0 aromatic heterocycles. The van der Waals surface area contributed by atoms with Crippen LogP contribution in [0.25, 0.3) is 0 Å². The van der Waals surface area contributed by atoms with E-state index in [1.165, 1.54) is 11.1 Å². The van der Waals surface area contributed by atoms with Crippen LogP contribution in [0.15, 0.2) is 29.3 Å². The van der Waals surface area contributed by atoms with Gasteiger partial charge < -0.3 is 15.5 Å². The molecule has 0 unspecified atom stereocenters. The van der Waals surface area contributed by atoms with E-state index in [4.69, 9.17) is 0 Å². The Balaban J connectivity index is 0.00000361. The summed E-state index contributed by atoms with van der Waals surface area (Å²) in [5, 5.41) is 6.58. The maximum absolute atomic E-state index is 4.19. The van der Waals surface area contributed by atoms with Gasteiger partial charge in [0.1, 0.15) is 0 Å². The highest BCUT2D eigenvalue weighted by Gasteiger charge is 2.00. The first-order valence-electron chi connectivity index (χ1n) is 6.71. The van der Waals surface area contributed by atoms with Crippen LogP contribution in [0, 0.1) is 0 Å². The molecule has 0 atom stereocenters. The van der Waals surface area contributed by atoms with Crippen molar-refractivity contribution < 1.29 is 0 Å². The predicted molar refractivity (Wildman–Crippen MR) is 97.7 cm³/mol. The molecule has 1 aromatic rings. The second kappa shape index (κ2) is 9.99. The monoisotopic (exact) mass is 390 g/mol. The zero-order valence-electron chi connectivity index (χ0n) is 13.1. The lowest BCUT2D eigenvalue weighted by atomic mass is 10.1. The zero-order chi connectivity index (χ0) is 14.3. The fraction of sp³-hybridized carbons (Fsp3) is 0.533. The van der Waals surface area contributed by atoms with Gasteiger partial charge in [0.2, 0.25) is 0 Å². The lowest BCUT2D eigenvalue weighted by Gasteiger charge is -2.15. The van der Waals surface area contributed by atoms with Gasteiger partial charge in [-0.05, 0) is 39.1 Å². The topological polar surface area (TPSA) is 39.7 Å². The van der Waals surface area contributed by atoms with Crippen molar-refractivity contribution in [2.75, 3.05) is 21.1 Å². The molecule has 0 spiro atoms. The third kappa shape index (κ3) is 7.69. The average Bonchev–Trinajstić information content (AvgIpc) is 2.35. The van der Waals surface area contributed by atoms with Crippen molar-refractivity contribution in [2.45, 2.75) is 33.0 Å². The van der Waals surface area contributed by atoms with Crippen LogP contribution in [0.1, 0.15) is 25.0 Å². The molecule has 5 heteroatoms. The summed E-state index contributed by atoms with van der Waals surface area (Å²) >= 11 is 0. The molecule has 0 bridgehead atoms. The van der Waals surface area contributed by atoms with Crippen molar-refractivity contribution >= 4 is 29.9 Å². The normalized spacial score (nSPS) is 11.4. The van der Waals surface area contributed by atoms with E-state index in [1.807, 2.05) is 0 Å². The summed E-state index contributed by atoms with van der Waals surface area (Å²) < 4.78 is 0. The molecule has 0 aliphatic rings. The Labute approximate surface area is 140 Å². The van der Waals surface area contributed by atoms with Gasteiger partial charge in [0.25, 0.3) is 0 Å². The van der Waals surface area contributed by atoms with E-state index >= 15 is 0 Å². The quantitative estimate of drug-likeness (QED) is 0.461. The number of benzene rings is 1. The third-order valence-corrected chi connectivity index (χ3v) is 2.63. The van der Waals surface area contributed by atoms with Gasteiger partial charge in [-0.25, -0.2) is 0 Å². The number of guanidine groups is 1. The molecule has 0 aliphatic heterocycles. The van der Waals surface area contributed by atoms with E-state index in [1.54, 1.807) is 7.05 Å². The highest BCUT2D eigenvalue weighted by Crippen LogP contribution is 2.05. The minimum absolute atomic E-state index is 0. The maximum Gasteiger partial charge on any atom is 0.191 e. The first kappa shape index (κ1) is 19.2. The van der Waals surface area contributed by atoms with Gasteiger partial charge in [-0.2, -0.15) is 0 Å². The summed E-state index contributed by atoms with van der Waals surface area (Å²) in [6.07, 6.45) is 0. The highest BCUT2D eigenvalue weighted by molar-refractivity contribution is 14.0. The predicted octanol–water partition coefficient (Wildman–Crippen LogP) is 2.44. The fourth-order valence-electron chi connectivity index (χ4n) is 1.78. The Hall–Kier alpha value is -0.820. The van der Waals surface area contributed by atoms with Crippen LogP contribution in [0.3, 0.4) is 0 Å². The van der Waals surface area contributed by atoms with Crippen molar-refractivity contribution in [2.24, 2.45) is 4.99 Å². The van der Waals surface area contributed by atoms with Crippen molar-refractivity contribution in [1.82, 2.24) is 15.5 Å². The first-order chi connectivity index (χ1) is 9.01. The maximum atomic E-state index is 4.19. The number of rotatable bonds is 5. The van der Waals surface area contributed by atoms with Gasteiger partial charge in [-0.1, -0.05) is 24.3 Å². The van der Waals surface area contributed by atoms with Gasteiger partial charge in [-0.3, -0.25) is 4.99 Å². The van der Waals surface area contributed by atoms with E-state index in [2.05, 4.69) is 72.7 Å². The molecule has 20 heavy (non-hydrogen) atoms. The summed E-state index contributed by atoms with van der Waals surface area (Å²) in [7, 11) is 5.95. The zero-order valence-corrected chi connectivity index (χ0v) is 15.4. The Bertz CT molecular complexity index is 399. The molecule has 1 aromatic carbocycles. The Kier molecular flexibility index (Phi) is 9.58. The third-order valence-electron chi connectivity index (χ3n) is 2.63. The molecule has 1 rings (SSSR count). The molecule has 2 N–H and O–H groups in total. The molecule has 114 valence electrons. The largest absolute Gasteiger partial charge is 0.354 e. The summed E-state index contributed by atoms with van der Waals surface area (Å²) in [5.74, 6) is 0.840. The second-order valence-corrected chi connectivity index (χ2v) is 5.28. The number of nitrogens with one attached hydrogen (secondary N) is 2. The lowest BCUT2D eigenvalue weighted by molar-refractivity contribution is 0.402. The highest BCUT2D eigenvalue weighted by atomic mass is 127. The Morgan fingerprint density at radius 2 is 1.70 bits per heavy atom. The Morgan fingerprint density at radius 3 is 2.15 bits per heavy atom. The van der Waals surface area contributed by atoms with E-state index < -0.39 is 0 Å². The molecule has 0 fully saturated rings. The molecular weight excluding hydrogens is 363 g/mol. The van der Waals surface area contributed by atoms with Crippen LogP contribution in [0.5, 0.6) is 0 Å². The summed E-state index contributed by atoms with van der Waals surface area (Å²) in [6.45, 7) is 5.96. The number of nitrogens with zero attached hydrogens (tertiary/aromatic N) is 2. The van der Waals surface area contributed by atoms with Crippen molar-refractivity contribution in [3.8, 4) is 0 Å². The minimum Gasteiger partial charge on any atom is -0.354 e. The molecular formula is C15H27IN4. The van der Waals surface area contributed by atoms with Crippen LogP contribution < -0.4 is 10.6 Å². The van der Waals surface area contributed by atoms with Crippen LogP contribution in [0.4, 0.5) is 0 Å². The average molecular weight is 390 g/mol. The van der Waals surface area contributed by atoms with Crippen LogP contribution in [0.2, 0.25) is 0 Å². The minimum atomic E-state index is 0. The van der Waals surface area contributed by atoms with Crippen molar-refractivity contribution in [3.05, 3.63) is 35.4 Å². The van der Waals surface area contributed by atoms with E-state index in [-0.39, 0.29) is 24.0 Å². The summed E-state index contributed by atoms with van der Waals surface area (Å²) in [4.78, 5) is 6.36. The molecule has 0 saturated carbocycles. The molecule has 0 amide bonds. The smallest absolute Gasteiger partial charge is 0.191 e. The van der Waals surface area contributed by atoms with Gasteiger partial charge in [0, 0.05) is 26.2 Å². The van der Waals surface area contributed by atoms with Crippen LogP contribution in [-0.2, 0) is 13.1 Å². The summed E-state index contributed by atoms with van der Waals surface area (Å²) in [6, 6.07) is 9.06. The first-order valence-corrected chi connectivity index (χ1v) is 6.71. The van der Waals surface area contributed by atoms with Crippen LogP contribution >= 0.6 is 24.0 Å². The number of hydrogen-bond acceptors (Lipinski definition) is 2. The van der Waals surface area contributed by atoms with Gasteiger partial charge in [-0.15, -0.1) is 24.0 Å². The SMILES string of the molecule is CN=C(NCc1ccc(CN(C)C)cc1)NC(C)C.I. The van der Waals surface area contributed by atoms with Gasteiger partial charge in [0.05, 0.1) is 0 Å². The van der Waals surface area contributed by atoms with Crippen molar-refractivity contribution in [1.29, 1.82) is 0 Å². The van der Waals surface area contributed by atoms with Gasteiger partial charge in [0.15, 0.2) is 5.96 Å². The lowest BCUT2D eigenvalue weighted by Crippen LogP contribution is -2.40. The van der Waals surface area contributed by atoms with E-state index in [0.29, 0.717) is 6.04 Å². The number of hydrogen-bond donors (Lipinski definition) is 2.